The van der Waals surface area contributed by atoms with Gasteiger partial charge in [-0.15, -0.1) is 0 Å². The van der Waals surface area contributed by atoms with Gasteiger partial charge in [0.05, 0.1) is 6.61 Å². The van der Waals surface area contributed by atoms with Crippen molar-refractivity contribution in [2.75, 3.05) is 18.5 Å². The second kappa shape index (κ2) is 8.96. The minimum atomic E-state index is -0.183. The van der Waals surface area contributed by atoms with Crippen molar-refractivity contribution >= 4 is 33.4 Å². The molecule has 1 unspecified atom stereocenters. The maximum Gasteiger partial charge on any atom is 0.224 e. The molecule has 0 saturated heterocycles. The van der Waals surface area contributed by atoms with Crippen LogP contribution in [0.4, 0.5) is 5.69 Å². The molecule has 1 atom stereocenters. The van der Waals surface area contributed by atoms with Gasteiger partial charge < -0.3 is 15.4 Å². The standard InChI is InChI=1S/C20H21BrN2O3/c21-15-5-3-6-16(12-15)23-20(25)9-8-19(24)22-13-18-17-7-2-1-4-14(17)10-11-26-18/h1-7,12,18H,8-11,13H2,(H,22,24)(H,23,25). The SMILES string of the molecule is O=C(CCC(=O)Nc1cccc(Br)c1)NCC1OCCc2ccccc21. The minimum absolute atomic E-state index is 0.126. The fourth-order valence-corrected chi connectivity index (χ4v) is 3.36. The molecule has 0 saturated carbocycles. The summed E-state index contributed by atoms with van der Waals surface area (Å²) in [6.45, 7) is 1.08. The molecule has 26 heavy (non-hydrogen) atoms. The molecule has 0 fully saturated rings. The van der Waals surface area contributed by atoms with Crippen LogP contribution in [0, 0.1) is 0 Å². The summed E-state index contributed by atoms with van der Waals surface area (Å²) < 4.78 is 6.66. The van der Waals surface area contributed by atoms with Crippen LogP contribution in [0.1, 0.15) is 30.1 Å². The second-order valence-corrected chi connectivity index (χ2v) is 7.09. The zero-order valence-corrected chi connectivity index (χ0v) is 15.9. The first-order valence-corrected chi connectivity index (χ1v) is 9.42. The molecule has 0 bridgehead atoms. The highest BCUT2D eigenvalue weighted by atomic mass is 79.9. The molecule has 2 aromatic rings. The molecule has 2 amide bonds. The van der Waals surface area contributed by atoms with Crippen molar-refractivity contribution in [1.82, 2.24) is 5.32 Å². The molecule has 2 aromatic carbocycles. The highest BCUT2D eigenvalue weighted by Gasteiger charge is 2.20. The largest absolute Gasteiger partial charge is 0.371 e. The molecule has 1 aliphatic rings. The summed E-state index contributed by atoms with van der Waals surface area (Å²) in [6.07, 6.45) is 1.06. The van der Waals surface area contributed by atoms with Gasteiger partial charge in [-0.05, 0) is 35.7 Å². The molecule has 136 valence electrons. The maximum atomic E-state index is 12.1. The Kier molecular flexibility index (Phi) is 6.41. The second-order valence-electron chi connectivity index (χ2n) is 6.17. The number of hydrogen-bond donors (Lipinski definition) is 2. The topological polar surface area (TPSA) is 67.4 Å². The molecular formula is C20H21BrN2O3. The lowest BCUT2D eigenvalue weighted by Crippen LogP contribution is -2.32. The van der Waals surface area contributed by atoms with Gasteiger partial charge in [0.25, 0.3) is 0 Å². The molecule has 1 heterocycles. The third kappa shape index (κ3) is 5.16. The fraction of sp³-hybridized carbons (Fsp3) is 0.300. The van der Waals surface area contributed by atoms with E-state index in [1.54, 1.807) is 6.07 Å². The first-order chi connectivity index (χ1) is 12.6. The third-order valence-corrected chi connectivity index (χ3v) is 4.76. The van der Waals surface area contributed by atoms with Crippen LogP contribution in [0.25, 0.3) is 0 Å². The minimum Gasteiger partial charge on any atom is -0.371 e. The molecule has 0 radical (unpaired) electrons. The van der Waals surface area contributed by atoms with Crippen molar-refractivity contribution in [3.63, 3.8) is 0 Å². The van der Waals surface area contributed by atoms with Gasteiger partial charge in [-0.3, -0.25) is 9.59 Å². The van der Waals surface area contributed by atoms with E-state index in [1.807, 2.05) is 36.4 Å². The Morgan fingerprint density at radius 3 is 2.73 bits per heavy atom. The molecule has 3 rings (SSSR count). The van der Waals surface area contributed by atoms with Gasteiger partial charge in [0, 0.05) is 29.5 Å². The van der Waals surface area contributed by atoms with Crippen LogP contribution in [0.5, 0.6) is 0 Å². The van der Waals surface area contributed by atoms with Crippen LogP contribution >= 0.6 is 15.9 Å². The Bertz CT molecular complexity index is 794. The zero-order chi connectivity index (χ0) is 18.4. The first-order valence-electron chi connectivity index (χ1n) is 8.63. The number of anilines is 1. The first kappa shape index (κ1) is 18.6. The van der Waals surface area contributed by atoms with E-state index in [0.29, 0.717) is 18.8 Å². The van der Waals surface area contributed by atoms with E-state index in [1.165, 1.54) is 5.56 Å². The van der Waals surface area contributed by atoms with Crippen LogP contribution in [-0.4, -0.2) is 25.0 Å². The molecule has 5 nitrogen and oxygen atoms in total. The molecule has 0 spiro atoms. The summed E-state index contributed by atoms with van der Waals surface area (Å²) >= 11 is 3.36. The van der Waals surface area contributed by atoms with Crippen LogP contribution < -0.4 is 10.6 Å². The van der Waals surface area contributed by atoms with Crippen LogP contribution in [0.15, 0.2) is 53.0 Å². The molecule has 0 aliphatic carbocycles. The lowest BCUT2D eigenvalue weighted by atomic mass is 9.97. The van der Waals surface area contributed by atoms with Gasteiger partial charge in [0.1, 0.15) is 6.10 Å². The number of amides is 2. The van der Waals surface area contributed by atoms with Gasteiger partial charge in [0.15, 0.2) is 0 Å². The van der Waals surface area contributed by atoms with E-state index in [0.717, 1.165) is 16.5 Å². The highest BCUT2D eigenvalue weighted by Crippen LogP contribution is 2.26. The van der Waals surface area contributed by atoms with Gasteiger partial charge in [-0.1, -0.05) is 46.3 Å². The van der Waals surface area contributed by atoms with E-state index in [2.05, 4.69) is 32.6 Å². The smallest absolute Gasteiger partial charge is 0.224 e. The normalized spacial score (nSPS) is 15.8. The predicted octanol–water partition coefficient (Wildman–Crippen LogP) is 3.60. The van der Waals surface area contributed by atoms with E-state index in [9.17, 15) is 9.59 Å². The number of carbonyl (C=O) groups is 2. The maximum absolute atomic E-state index is 12.1. The lowest BCUT2D eigenvalue weighted by molar-refractivity contribution is -0.124. The van der Waals surface area contributed by atoms with Crippen LogP contribution in [0.3, 0.4) is 0 Å². The summed E-state index contributed by atoms with van der Waals surface area (Å²) in [4.78, 5) is 24.0. The average molecular weight is 417 g/mol. The lowest BCUT2D eigenvalue weighted by Gasteiger charge is -2.26. The molecule has 1 aliphatic heterocycles. The Labute approximate surface area is 161 Å². The zero-order valence-electron chi connectivity index (χ0n) is 14.3. The van der Waals surface area contributed by atoms with Gasteiger partial charge in [-0.2, -0.15) is 0 Å². The van der Waals surface area contributed by atoms with Gasteiger partial charge >= 0.3 is 0 Å². The van der Waals surface area contributed by atoms with Crippen molar-refractivity contribution in [2.24, 2.45) is 0 Å². The predicted molar refractivity (Wildman–Crippen MR) is 104 cm³/mol. The number of carbonyl (C=O) groups excluding carboxylic acids is 2. The van der Waals surface area contributed by atoms with E-state index < -0.39 is 0 Å². The highest BCUT2D eigenvalue weighted by molar-refractivity contribution is 9.10. The van der Waals surface area contributed by atoms with Gasteiger partial charge in [-0.25, -0.2) is 0 Å². The monoisotopic (exact) mass is 416 g/mol. The van der Waals surface area contributed by atoms with E-state index >= 15 is 0 Å². The number of benzene rings is 2. The van der Waals surface area contributed by atoms with Crippen LogP contribution in [0.2, 0.25) is 0 Å². The number of halogens is 1. The van der Waals surface area contributed by atoms with Crippen molar-refractivity contribution in [2.45, 2.75) is 25.4 Å². The molecule has 6 heteroatoms. The fourth-order valence-electron chi connectivity index (χ4n) is 2.96. The summed E-state index contributed by atoms with van der Waals surface area (Å²) in [5.41, 5.74) is 3.11. The average Bonchev–Trinajstić information content (AvgIpc) is 2.64. The quantitative estimate of drug-likeness (QED) is 0.755. The third-order valence-electron chi connectivity index (χ3n) is 4.26. The summed E-state index contributed by atoms with van der Waals surface area (Å²) in [6, 6.07) is 15.5. The van der Waals surface area contributed by atoms with Crippen LogP contribution in [-0.2, 0) is 20.7 Å². The van der Waals surface area contributed by atoms with Gasteiger partial charge in [0.2, 0.25) is 11.8 Å². The molecule has 2 N–H and O–H groups in total. The summed E-state index contributed by atoms with van der Waals surface area (Å²) in [5.74, 6) is -0.335. The van der Waals surface area contributed by atoms with E-state index in [-0.39, 0.29) is 30.8 Å². The number of nitrogens with one attached hydrogen (secondary N) is 2. The van der Waals surface area contributed by atoms with Crippen molar-refractivity contribution < 1.29 is 14.3 Å². The Balaban J connectivity index is 1.43. The number of fused-ring (bicyclic) bond motifs is 1. The Morgan fingerprint density at radius 2 is 1.88 bits per heavy atom. The van der Waals surface area contributed by atoms with E-state index in [4.69, 9.17) is 4.74 Å². The molecular weight excluding hydrogens is 396 g/mol. The van der Waals surface area contributed by atoms with Crippen molar-refractivity contribution in [3.8, 4) is 0 Å². The Hall–Kier alpha value is -2.18. The number of ether oxygens (including phenoxy) is 1. The summed E-state index contributed by atoms with van der Waals surface area (Å²) in [5, 5.41) is 5.65. The Morgan fingerprint density at radius 1 is 1.08 bits per heavy atom. The van der Waals surface area contributed by atoms with Crippen molar-refractivity contribution in [1.29, 1.82) is 0 Å². The molecule has 0 aromatic heterocycles. The van der Waals surface area contributed by atoms with Crippen molar-refractivity contribution in [3.05, 3.63) is 64.1 Å². The number of rotatable bonds is 6. The number of hydrogen-bond acceptors (Lipinski definition) is 3. The summed E-state index contributed by atoms with van der Waals surface area (Å²) in [7, 11) is 0.